The van der Waals surface area contributed by atoms with Crippen molar-refractivity contribution in [3.05, 3.63) is 65.4 Å². The molecular formula is C22H23FN6O. The van der Waals surface area contributed by atoms with Crippen LogP contribution >= 0.6 is 0 Å². The summed E-state index contributed by atoms with van der Waals surface area (Å²) in [7, 11) is 1.74. The average molecular weight is 406 g/mol. The van der Waals surface area contributed by atoms with Crippen LogP contribution < -0.4 is 4.74 Å². The molecule has 0 saturated carbocycles. The summed E-state index contributed by atoms with van der Waals surface area (Å²) < 4.78 is 23.5. The number of ether oxygens (including phenoxy) is 1. The van der Waals surface area contributed by atoms with Gasteiger partial charge in [-0.1, -0.05) is 24.3 Å². The third kappa shape index (κ3) is 3.80. The van der Waals surface area contributed by atoms with E-state index in [1.165, 1.54) is 6.20 Å². The molecule has 0 aliphatic rings. The largest absolute Gasteiger partial charge is 0.476 e. The Labute approximate surface area is 174 Å². The van der Waals surface area contributed by atoms with Gasteiger partial charge in [-0.25, -0.2) is 19.0 Å². The summed E-state index contributed by atoms with van der Waals surface area (Å²) in [5.41, 5.74) is 4.41. The maximum absolute atomic E-state index is 14.8. The molecule has 0 aliphatic carbocycles. The molecule has 1 aromatic carbocycles. The van der Waals surface area contributed by atoms with Gasteiger partial charge in [0.15, 0.2) is 17.5 Å². The van der Waals surface area contributed by atoms with Gasteiger partial charge in [0.1, 0.15) is 0 Å². The van der Waals surface area contributed by atoms with Gasteiger partial charge in [-0.2, -0.15) is 10.2 Å². The van der Waals surface area contributed by atoms with Gasteiger partial charge < -0.3 is 4.74 Å². The van der Waals surface area contributed by atoms with Gasteiger partial charge in [0, 0.05) is 24.5 Å². The number of pyridine rings is 1. The summed E-state index contributed by atoms with van der Waals surface area (Å²) in [4.78, 5) is 8.49. The van der Waals surface area contributed by atoms with Crippen molar-refractivity contribution in [2.24, 2.45) is 7.05 Å². The monoisotopic (exact) mass is 406 g/mol. The second-order valence-electron chi connectivity index (χ2n) is 7.07. The minimum Gasteiger partial charge on any atom is -0.476 e. The number of halogens is 1. The summed E-state index contributed by atoms with van der Waals surface area (Å²) >= 11 is 0. The first-order valence-electron chi connectivity index (χ1n) is 9.75. The van der Waals surface area contributed by atoms with Gasteiger partial charge in [-0.3, -0.25) is 4.68 Å². The highest BCUT2D eigenvalue weighted by molar-refractivity contribution is 5.63. The Morgan fingerprint density at radius 1 is 1.07 bits per heavy atom. The lowest BCUT2D eigenvalue weighted by Crippen LogP contribution is -2.03. The standard InChI is InChI=1S/C22H23FN6O/c1-5-30-22-19(23)18(10-11-24-22)21-25-20(27-28(21)4)17-8-6-16(7-9-17)13-29-15(3)12-14(2)26-29/h6-12H,5,13H2,1-4H3. The lowest BCUT2D eigenvalue weighted by Gasteiger charge is -2.06. The van der Waals surface area contributed by atoms with Crippen molar-refractivity contribution in [1.29, 1.82) is 0 Å². The van der Waals surface area contributed by atoms with E-state index in [1.807, 2.05) is 42.8 Å². The van der Waals surface area contributed by atoms with Crippen LogP contribution in [-0.2, 0) is 13.6 Å². The van der Waals surface area contributed by atoms with E-state index in [0.29, 0.717) is 30.4 Å². The highest BCUT2D eigenvalue weighted by atomic mass is 19.1. The first-order valence-corrected chi connectivity index (χ1v) is 9.75. The van der Waals surface area contributed by atoms with Crippen molar-refractivity contribution in [2.75, 3.05) is 6.61 Å². The smallest absolute Gasteiger partial charge is 0.251 e. The molecule has 154 valence electrons. The van der Waals surface area contributed by atoms with Crippen LogP contribution in [0.15, 0.2) is 42.6 Å². The van der Waals surface area contributed by atoms with Gasteiger partial charge in [0.25, 0.3) is 5.88 Å². The summed E-state index contributed by atoms with van der Waals surface area (Å²) in [5.74, 6) is 0.367. The number of nitrogens with zero attached hydrogens (tertiary/aromatic N) is 6. The first-order chi connectivity index (χ1) is 14.5. The zero-order valence-electron chi connectivity index (χ0n) is 17.4. The molecule has 0 spiro atoms. The molecule has 0 aliphatic heterocycles. The molecule has 8 heteroatoms. The maximum Gasteiger partial charge on any atom is 0.251 e. The normalized spacial score (nSPS) is 11.1. The second kappa shape index (κ2) is 8.06. The van der Waals surface area contributed by atoms with E-state index in [0.717, 1.165) is 22.5 Å². The fraction of sp³-hybridized carbons (Fsp3) is 0.273. The molecule has 7 nitrogen and oxygen atoms in total. The zero-order chi connectivity index (χ0) is 21.3. The fourth-order valence-electron chi connectivity index (χ4n) is 3.34. The van der Waals surface area contributed by atoms with Gasteiger partial charge in [-0.15, -0.1) is 0 Å². The van der Waals surface area contributed by atoms with Gasteiger partial charge in [0.05, 0.1) is 24.4 Å². The molecule has 0 atom stereocenters. The number of benzene rings is 1. The van der Waals surface area contributed by atoms with Crippen molar-refractivity contribution in [3.8, 4) is 28.7 Å². The molecule has 4 rings (SSSR count). The molecule has 0 N–H and O–H groups in total. The third-order valence-corrected chi connectivity index (χ3v) is 4.79. The summed E-state index contributed by atoms with van der Waals surface area (Å²) in [5, 5.41) is 8.97. The van der Waals surface area contributed by atoms with E-state index in [9.17, 15) is 4.39 Å². The lowest BCUT2D eigenvalue weighted by atomic mass is 10.1. The second-order valence-corrected chi connectivity index (χ2v) is 7.07. The Morgan fingerprint density at radius 3 is 2.50 bits per heavy atom. The highest BCUT2D eigenvalue weighted by Crippen LogP contribution is 2.28. The van der Waals surface area contributed by atoms with Crippen LogP contribution in [0, 0.1) is 19.7 Å². The summed E-state index contributed by atoms with van der Waals surface area (Å²) in [6, 6.07) is 11.6. The van der Waals surface area contributed by atoms with E-state index >= 15 is 0 Å². The molecule has 0 radical (unpaired) electrons. The molecule has 4 aromatic rings. The molecule has 3 aromatic heterocycles. The number of hydrogen-bond acceptors (Lipinski definition) is 5. The van der Waals surface area contributed by atoms with Crippen molar-refractivity contribution >= 4 is 0 Å². The van der Waals surface area contributed by atoms with Crippen LogP contribution in [0.25, 0.3) is 22.8 Å². The Balaban J connectivity index is 1.60. The third-order valence-electron chi connectivity index (χ3n) is 4.79. The quantitative estimate of drug-likeness (QED) is 0.485. The van der Waals surface area contributed by atoms with Crippen molar-refractivity contribution < 1.29 is 9.13 Å². The molecular weight excluding hydrogens is 383 g/mol. The van der Waals surface area contributed by atoms with E-state index in [1.54, 1.807) is 24.7 Å². The number of rotatable bonds is 6. The number of aromatic nitrogens is 6. The minimum atomic E-state index is -0.540. The van der Waals surface area contributed by atoms with Crippen molar-refractivity contribution in [3.63, 3.8) is 0 Å². The van der Waals surface area contributed by atoms with Crippen molar-refractivity contribution in [2.45, 2.75) is 27.3 Å². The topological polar surface area (TPSA) is 70.7 Å². The summed E-state index contributed by atoms with van der Waals surface area (Å²) in [6.07, 6.45) is 1.51. The van der Waals surface area contributed by atoms with Crippen LogP contribution in [-0.4, -0.2) is 36.1 Å². The van der Waals surface area contributed by atoms with Crippen LogP contribution in [0.4, 0.5) is 4.39 Å². The predicted molar refractivity (Wildman–Crippen MR) is 112 cm³/mol. The van der Waals surface area contributed by atoms with Crippen molar-refractivity contribution in [1.82, 2.24) is 29.5 Å². The fourth-order valence-corrected chi connectivity index (χ4v) is 3.34. The highest BCUT2D eigenvalue weighted by Gasteiger charge is 2.18. The Hall–Kier alpha value is -3.55. The SMILES string of the molecule is CCOc1nccc(-c2nc(-c3ccc(Cn4nc(C)cc4C)cc3)nn2C)c1F. The first kappa shape index (κ1) is 19.8. The van der Waals surface area contributed by atoms with Gasteiger partial charge in [0.2, 0.25) is 0 Å². The van der Waals surface area contributed by atoms with Crippen LogP contribution in [0.5, 0.6) is 5.88 Å². The van der Waals surface area contributed by atoms with E-state index < -0.39 is 5.82 Å². The number of aryl methyl sites for hydroxylation is 3. The molecule has 0 fully saturated rings. The zero-order valence-corrected chi connectivity index (χ0v) is 17.4. The van der Waals surface area contributed by atoms with Gasteiger partial charge in [-0.05, 0) is 38.5 Å². The van der Waals surface area contributed by atoms with Crippen LogP contribution in [0.1, 0.15) is 23.9 Å². The Bertz CT molecular complexity index is 1180. The molecule has 30 heavy (non-hydrogen) atoms. The van der Waals surface area contributed by atoms with E-state index in [4.69, 9.17) is 4.74 Å². The maximum atomic E-state index is 14.8. The molecule has 0 unspecified atom stereocenters. The van der Waals surface area contributed by atoms with Crippen LogP contribution in [0.2, 0.25) is 0 Å². The van der Waals surface area contributed by atoms with E-state index in [-0.39, 0.29) is 5.88 Å². The molecule has 0 amide bonds. The Kier molecular flexibility index (Phi) is 5.31. The number of hydrogen-bond donors (Lipinski definition) is 0. The molecule has 0 bridgehead atoms. The van der Waals surface area contributed by atoms with E-state index in [2.05, 4.69) is 26.2 Å². The summed E-state index contributed by atoms with van der Waals surface area (Å²) in [6.45, 7) is 6.85. The lowest BCUT2D eigenvalue weighted by molar-refractivity contribution is 0.308. The predicted octanol–water partition coefficient (Wildman–Crippen LogP) is 3.94. The Morgan fingerprint density at radius 2 is 1.83 bits per heavy atom. The van der Waals surface area contributed by atoms with Gasteiger partial charge >= 0.3 is 0 Å². The minimum absolute atomic E-state index is 0.0342. The molecule has 0 saturated heterocycles. The molecule has 3 heterocycles. The van der Waals surface area contributed by atoms with Crippen LogP contribution in [0.3, 0.4) is 0 Å². The average Bonchev–Trinajstić information content (AvgIpc) is 3.26.